The summed E-state index contributed by atoms with van der Waals surface area (Å²) in [4.78, 5) is 2.61. The molecule has 0 bridgehead atoms. The lowest BCUT2D eigenvalue weighted by Crippen LogP contribution is -2.50. The molecular formula is C14H26N2. The molecular weight excluding hydrogens is 196 g/mol. The molecule has 0 aromatic carbocycles. The van der Waals surface area contributed by atoms with Gasteiger partial charge < -0.3 is 10.2 Å². The highest BCUT2D eigenvalue weighted by Gasteiger charge is 2.47. The average Bonchev–Trinajstić information content (AvgIpc) is 3.07. The largest absolute Gasteiger partial charge is 0.316 e. The van der Waals surface area contributed by atoms with Crippen molar-refractivity contribution < 1.29 is 0 Å². The van der Waals surface area contributed by atoms with Crippen molar-refractivity contribution in [2.24, 2.45) is 23.7 Å². The fourth-order valence-corrected chi connectivity index (χ4v) is 3.58. The fourth-order valence-electron chi connectivity index (χ4n) is 3.58. The molecule has 3 atom stereocenters. The van der Waals surface area contributed by atoms with Gasteiger partial charge in [0.25, 0.3) is 0 Å². The van der Waals surface area contributed by atoms with Gasteiger partial charge in [-0.1, -0.05) is 6.92 Å². The number of rotatable bonds is 6. The van der Waals surface area contributed by atoms with Crippen molar-refractivity contribution in [3.63, 3.8) is 0 Å². The number of hydrogen-bond donors (Lipinski definition) is 1. The quantitative estimate of drug-likeness (QED) is 0.739. The highest BCUT2D eigenvalue weighted by Crippen LogP contribution is 2.55. The summed E-state index contributed by atoms with van der Waals surface area (Å²) in [6.07, 6.45) is 6.05. The van der Waals surface area contributed by atoms with Gasteiger partial charge in [-0.05, 0) is 56.4 Å². The molecule has 16 heavy (non-hydrogen) atoms. The molecule has 92 valence electrons. The molecule has 3 aliphatic rings. The third kappa shape index (κ3) is 2.43. The van der Waals surface area contributed by atoms with Crippen LogP contribution < -0.4 is 5.32 Å². The SMILES string of the molecule is CNC(CC1CC1C1CC1)CN1CC(C)C1. The minimum Gasteiger partial charge on any atom is -0.316 e. The second-order valence-electron chi connectivity index (χ2n) is 6.54. The van der Waals surface area contributed by atoms with E-state index in [2.05, 4.69) is 24.2 Å². The normalized spacial score (nSPS) is 37.1. The predicted molar refractivity (Wildman–Crippen MR) is 67.4 cm³/mol. The Kier molecular flexibility index (Phi) is 2.97. The van der Waals surface area contributed by atoms with Gasteiger partial charge in [0, 0.05) is 25.7 Å². The predicted octanol–water partition coefficient (Wildman–Crippen LogP) is 1.96. The van der Waals surface area contributed by atoms with Crippen molar-refractivity contribution in [1.82, 2.24) is 10.2 Å². The van der Waals surface area contributed by atoms with E-state index in [0.29, 0.717) is 0 Å². The van der Waals surface area contributed by atoms with E-state index in [4.69, 9.17) is 0 Å². The molecule has 3 fully saturated rings. The molecule has 0 aromatic rings. The van der Waals surface area contributed by atoms with E-state index < -0.39 is 0 Å². The Balaban J connectivity index is 1.38. The summed E-state index contributed by atoms with van der Waals surface area (Å²) in [6, 6.07) is 0.751. The Labute approximate surface area is 99.8 Å². The molecule has 3 rings (SSSR count). The summed E-state index contributed by atoms with van der Waals surface area (Å²) in [5.74, 6) is 4.29. The first-order valence-corrected chi connectivity index (χ1v) is 7.16. The Morgan fingerprint density at radius 2 is 2.06 bits per heavy atom. The zero-order chi connectivity index (χ0) is 11.1. The number of hydrogen-bond acceptors (Lipinski definition) is 2. The van der Waals surface area contributed by atoms with Crippen molar-refractivity contribution in [3.05, 3.63) is 0 Å². The molecule has 1 heterocycles. The average molecular weight is 222 g/mol. The Morgan fingerprint density at radius 3 is 2.62 bits per heavy atom. The standard InChI is InChI=1S/C14H26N2/c1-10-7-16(8-10)9-13(15-2)5-12-6-14(12)11-3-4-11/h10-15H,3-9H2,1-2H3. The first kappa shape index (κ1) is 11.0. The molecule has 2 heteroatoms. The summed E-state index contributed by atoms with van der Waals surface area (Å²) in [5.41, 5.74) is 0. The molecule has 2 aliphatic carbocycles. The van der Waals surface area contributed by atoms with E-state index in [-0.39, 0.29) is 0 Å². The molecule has 2 nitrogen and oxygen atoms in total. The number of likely N-dealkylation sites (tertiary alicyclic amines) is 1. The van der Waals surface area contributed by atoms with E-state index >= 15 is 0 Å². The molecule has 1 N–H and O–H groups in total. The monoisotopic (exact) mass is 222 g/mol. The van der Waals surface area contributed by atoms with Crippen LogP contribution in [0.25, 0.3) is 0 Å². The van der Waals surface area contributed by atoms with Crippen molar-refractivity contribution in [2.45, 2.75) is 38.6 Å². The van der Waals surface area contributed by atoms with Gasteiger partial charge in [-0.15, -0.1) is 0 Å². The molecule has 1 saturated heterocycles. The maximum Gasteiger partial charge on any atom is 0.0194 e. The van der Waals surface area contributed by atoms with Crippen LogP contribution in [0.3, 0.4) is 0 Å². The molecule has 3 unspecified atom stereocenters. The van der Waals surface area contributed by atoms with Crippen LogP contribution in [0.1, 0.15) is 32.6 Å². The third-order valence-corrected chi connectivity index (χ3v) is 4.82. The maximum absolute atomic E-state index is 3.53. The number of nitrogens with zero attached hydrogens (tertiary/aromatic N) is 1. The minimum atomic E-state index is 0.751. The molecule has 2 saturated carbocycles. The minimum absolute atomic E-state index is 0.751. The Morgan fingerprint density at radius 1 is 1.31 bits per heavy atom. The van der Waals surface area contributed by atoms with Crippen LogP contribution in [0.2, 0.25) is 0 Å². The van der Waals surface area contributed by atoms with Crippen LogP contribution in [0.5, 0.6) is 0 Å². The molecule has 0 radical (unpaired) electrons. The van der Waals surface area contributed by atoms with Crippen molar-refractivity contribution >= 4 is 0 Å². The van der Waals surface area contributed by atoms with Gasteiger partial charge in [-0.3, -0.25) is 0 Å². The van der Waals surface area contributed by atoms with Gasteiger partial charge in [-0.2, -0.15) is 0 Å². The Bertz CT molecular complexity index is 243. The Hall–Kier alpha value is -0.0800. The lowest BCUT2D eigenvalue weighted by molar-refractivity contribution is 0.0982. The van der Waals surface area contributed by atoms with Gasteiger partial charge in [0.1, 0.15) is 0 Å². The molecule has 0 aromatic heterocycles. The van der Waals surface area contributed by atoms with Gasteiger partial charge >= 0.3 is 0 Å². The zero-order valence-electron chi connectivity index (χ0n) is 10.8. The lowest BCUT2D eigenvalue weighted by Gasteiger charge is -2.39. The maximum atomic E-state index is 3.53. The highest BCUT2D eigenvalue weighted by atomic mass is 15.2. The summed E-state index contributed by atoms with van der Waals surface area (Å²) >= 11 is 0. The van der Waals surface area contributed by atoms with Crippen molar-refractivity contribution in [1.29, 1.82) is 0 Å². The molecule has 1 aliphatic heterocycles. The van der Waals surface area contributed by atoms with Gasteiger partial charge in [0.05, 0.1) is 0 Å². The van der Waals surface area contributed by atoms with Crippen LogP contribution in [-0.2, 0) is 0 Å². The third-order valence-electron chi connectivity index (χ3n) is 4.82. The molecule has 0 spiro atoms. The van der Waals surface area contributed by atoms with Gasteiger partial charge in [0.15, 0.2) is 0 Å². The van der Waals surface area contributed by atoms with Gasteiger partial charge in [-0.25, -0.2) is 0 Å². The van der Waals surface area contributed by atoms with E-state index in [1.807, 2.05) is 0 Å². The van der Waals surface area contributed by atoms with E-state index in [9.17, 15) is 0 Å². The van der Waals surface area contributed by atoms with Gasteiger partial charge in [0.2, 0.25) is 0 Å². The van der Waals surface area contributed by atoms with E-state index in [0.717, 1.165) is 29.7 Å². The smallest absolute Gasteiger partial charge is 0.0194 e. The van der Waals surface area contributed by atoms with E-state index in [1.165, 1.54) is 38.9 Å². The summed E-state index contributed by atoms with van der Waals surface area (Å²) in [7, 11) is 2.14. The van der Waals surface area contributed by atoms with Crippen LogP contribution in [0.4, 0.5) is 0 Å². The topological polar surface area (TPSA) is 15.3 Å². The fraction of sp³-hybridized carbons (Fsp3) is 1.00. The first-order valence-electron chi connectivity index (χ1n) is 7.16. The van der Waals surface area contributed by atoms with Crippen molar-refractivity contribution in [3.8, 4) is 0 Å². The van der Waals surface area contributed by atoms with Crippen LogP contribution >= 0.6 is 0 Å². The van der Waals surface area contributed by atoms with E-state index in [1.54, 1.807) is 6.42 Å². The van der Waals surface area contributed by atoms with Crippen LogP contribution in [0.15, 0.2) is 0 Å². The summed E-state index contributed by atoms with van der Waals surface area (Å²) < 4.78 is 0. The van der Waals surface area contributed by atoms with Crippen molar-refractivity contribution in [2.75, 3.05) is 26.7 Å². The second-order valence-corrected chi connectivity index (χ2v) is 6.54. The zero-order valence-corrected chi connectivity index (χ0v) is 10.8. The number of likely N-dealkylation sites (N-methyl/N-ethyl adjacent to an activating group) is 1. The summed E-state index contributed by atoms with van der Waals surface area (Å²) in [6.45, 7) is 6.30. The summed E-state index contributed by atoms with van der Waals surface area (Å²) in [5, 5.41) is 3.53. The number of nitrogens with one attached hydrogen (secondary N) is 1. The molecule has 0 amide bonds. The first-order chi connectivity index (χ1) is 7.76. The van der Waals surface area contributed by atoms with Crippen LogP contribution in [0, 0.1) is 23.7 Å². The highest BCUT2D eigenvalue weighted by molar-refractivity contribution is 4.98. The second kappa shape index (κ2) is 4.30. The van der Waals surface area contributed by atoms with Crippen LogP contribution in [-0.4, -0.2) is 37.6 Å². The lowest BCUT2D eigenvalue weighted by atomic mass is 10.00.